The molecule has 0 radical (unpaired) electrons. The SMILES string of the molecule is CC1CCCN(C(=O)c2ccc(N3CCNC3=O)cc2)C1. The number of anilines is 1. The van der Waals surface area contributed by atoms with E-state index < -0.39 is 0 Å². The van der Waals surface area contributed by atoms with Gasteiger partial charge in [0.05, 0.1) is 0 Å². The molecule has 21 heavy (non-hydrogen) atoms. The molecule has 5 nitrogen and oxygen atoms in total. The maximum Gasteiger partial charge on any atom is 0.321 e. The van der Waals surface area contributed by atoms with E-state index >= 15 is 0 Å². The minimum atomic E-state index is -0.0704. The average Bonchev–Trinajstić information content (AvgIpc) is 2.93. The molecule has 1 aromatic carbocycles. The predicted molar refractivity (Wildman–Crippen MR) is 81.5 cm³/mol. The lowest BCUT2D eigenvalue weighted by atomic mass is 9.99. The highest BCUT2D eigenvalue weighted by atomic mass is 16.2. The van der Waals surface area contributed by atoms with Crippen LogP contribution < -0.4 is 10.2 Å². The Balaban J connectivity index is 1.71. The molecule has 3 rings (SSSR count). The van der Waals surface area contributed by atoms with Gasteiger partial charge in [-0.1, -0.05) is 6.92 Å². The van der Waals surface area contributed by atoms with Crippen LogP contribution in [0, 0.1) is 5.92 Å². The number of amides is 3. The number of piperidine rings is 1. The van der Waals surface area contributed by atoms with Crippen LogP contribution in [0.15, 0.2) is 24.3 Å². The fraction of sp³-hybridized carbons (Fsp3) is 0.500. The molecule has 2 aliphatic rings. The zero-order chi connectivity index (χ0) is 14.8. The van der Waals surface area contributed by atoms with Gasteiger partial charge in [-0.05, 0) is 43.0 Å². The predicted octanol–water partition coefficient (Wildman–Crippen LogP) is 2.09. The Labute approximate surface area is 124 Å². The van der Waals surface area contributed by atoms with Gasteiger partial charge in [-0.25, -0.2) is 4.79 Å². The van der Waals surface area contributed by atoms with Gasteiger partial charge in [0.25, 0.3) is 5.91 Å². The fourth-order valence-corrected chi connectivity index (χ4v) is 3.06. The molecule has 5 heteroatoms. The van der Waals surface area contributed by atoms with E-state index in [1.165, 1.54) is 6.42 Å². The molecule has 112 valence electrons. The summed E-state index contributed by atoms with van der Waals surface area (Å²) in [5.41, 5.74) is 1.54. The summed E-state index contributed by atoms with van der Waals surface area (Å²) in [4.78, 5) is 27.7. The Kier molecular flexibility index (Phi) is 3.82. The molecule has 0 saturated carbocycles. The van der Waals surface area contributed by atoms with Gasteiger partial charge >= 0.3 is 6.03 Å². The van der Waals surface area contributed by atoms with Crippen LogP contribution in [-0.2, 0) is 0 Å². The lowest BCUT2D eigenvalue weighted by Gasteiger charge is -2.31. The van der Waals surface area contributed by atoms with Crippen molar-refractivity contribution in [3.63, 3.8) is 0 Å². The number of rotatable bonds is 2. The van der Waals surface area contributed by atoms with Crippen molar-refractivity contribution in [2.24, 2.45) is 5.92 Å². The van der Waals surface area contributed by atoms with Gasteiger partial charge in [0.2, 0.25) is 0 Å². The van der Waals surface area contributed by atoms with Gasteiger partial charge in [0.15, 0.2) is 0 Å². The number of hydrogen-bond donors (Lipinski definition) is 1. The van der Waals surface area contributed by atoms with Crippen molar-refractivity contribution >= 4 is 17.6 Å². The highest BCUT2D eigenvalue weighted by Crippen LogP contribution is 2.21. The fourth-order valence-electron chi connectivity index (χ4n) is 3.06. The second-order valence-electron chi connectivity index (χ2n) is 5.93. The molecule has 0 spiro atoms. The summed E-state index contributed by atoms with van der Waals surface area (Å²) in [6.07, 6.45) is 2.28. The first-order valence-electron chi connectivity index (χ1n) is 7.60. The monoisotopic (exact) mass is 287 g/mol. The van der Waals surface area contributed by atoms with Crippen LogP contribution in [0.3, 0.4) is 0 Å². The second kappa shape index (κ2) is 5.76. The smallest absolute Gasteiger partial charge is 0.321 e. The standard InChI is InChI=1S/C16H21N3O2/c1-12-3-2-9-18(11-12)15(20)13-4-6-14(7-5-13)19-10-8-17-16(19)21/h4-7,12H,2-3,8-11H2,1H3,(H,17,21). The molecule has 1 atom stereocenters. The zero-order valence-electron chi connectivity index (χ0n) is 12.3. The van der Waals surface area contributed by atoms with Crippen molar-refractivity contribution in [2.45, 2.75) is 19.8 Å². The van der Waals surface area contributed by atoms with E-state index in [2.05, 4.69) is 12.2 Å². The minimum absolute atomic E-state index is 0.0704. The molecular weight excluding hydrogens is 266 g/mol. The van der Waals surface area contributed by atoms with E-state index in [-0.39, 0.29) is 11.9 Å². The molecular formula is C16H21N3O2. The number of nitrogens with zero attached hydrogens (tertiary/aromatic N) is 2. The number of likely N-dealkylation sites (tertiary alicyclic amines) is 1. The molecule has 1 N–H and O–H groups in total. The van der Waals surface area contributed by atoms with Crippen molar-refractivity contribution in [2.75, 3.05) is 31.1 Å². The number of benzene rings is 1. The summed E-state index contributed by atoms with van der Waals surface area (Å²) in [6.45, 7) is 5.23. The van der Waals surface area contributed by atoms with Gasteiger partial charge in [-0.3, -0.25) is 9.69 Å². The Morgan fingerprint density at radius 3 is 2.62 bits per heavy atom. The van der Waals surface area contributed by atoms with Crippen LogP contribution in [0.5, 0.6) is 0 Å². The number of nitrogens with one attached hydrogen (secondary N) is 1. The maximum atomic E-state index is 12.5. The van der Waals surface area contributed by atoms with Crippen LogP contribution in [0.1, 0.15) is 30.1 Å². The molecule has 3 amide bonds. The van der Waals surface area contributed by atoms with Gasteiger partial charge in [-0.15, -0.1) is 0 Å². The first-order chi connectivity index (χ1) is 10.1. The van der Waals surface area contributed by atoms with E-state index in [1.807, 2.05) is 29.2 Å². The van der Waals surface area contributed by atoms with Crippen molar-refractivity contribution in [1.29, 1.82) is 0 Å². The molecule has 1 unspecified atom stereocenters. The zero-order valence-corrected chi connectivity index (χ0v) is 12.3. The van der Waals surface area contributed by atoms with Crippen molar-refractivity contribution in [3.8, 4) is 0 Å². The second-order valence-corrected chi connectivity index (χ2v) is 5.93. The van der Waals surface area contributed by atoms with Crippen LogP contribution in [0.25, 0.3) is 0 Å². The number of carbonyl (C=O) groups is 2. The number of carbonyl (C=O) groups excluding carboxylic acids is 2. The van der Waals surface area contributed by atoms with Gasteiger partial charge in [0.1, 0.15) is 0 Å². The number of hydrogen-bond acceptors (Lipinski definition) is 2. The van der Waals surface area contributed by atoms with E-state index in [1.54, 1.807) is 4.90 Å². The van der Waals surface area contributed by atoms with E-state index in [9.17, 15) is 9.59 Å². The van der Waals surface area contributed by atoms with E-state index in [4.69, 9.17) is 0 Å². The Morgan fingerprint density at radius 2 is 2.00 bits per heavy atom. The molecule has 0 aliphatic carbocycles. The van der Waals surface area contributed by atoms with Crippen molar-refractivity contribution in [1.82, 2.24) is 10.2 Å². The van der Waals surface area contributed by atoms with Crippen molar-refractivity contribution in [3.05, 3.63) is 29.8 Å². The Morgan fingerprint density at radius 1 is 1.24 bits per heavy atom. The first kappa shape index (κ1) is 13.9. The topological polar surface area (TPSA) is 52.7 Å². The lowest BCUT2D eigenvalue weighted by molar-refractivity contribution is 0.0683. The number of urea groups is 1. The maximum absolute atomic E-state index is 12.5. The molecule has 2 aliphatic heterocycles. The average molecular weight is 287 g/mol. The van der Waals surface area contributed by atoms with Crippen LogP contribution in [0.4, 0.5) is 10.5 Å². The summed E-state index contributed by atoms with van der Waals surface area (Å²) >= 11 is 0. The third-order valence-electron chi connectivity index (χ3n) is 4.23. The normalized spacial score (nSPS) is 22.3. The Hall–Kier alpha value is -2.04. The van der Waals surface area contributed by atoms with E-state index in [0.717, 1.165) is 25.2 Å². The molecule has 1 aromatic rings. The Bertz CT molecular complexity index is 541. The molecule has 2 saturated heterocycles. The summed E-state index contributed by atoms with van der Waals surface area (Å²) in [6, 6.07) is 7.28. The third-order valence-corrected chi connectivity index (χ3v) is 4.23. The largest absolute Gasteiger partial charge is 0.338 e. The van der Waals surface area contributed by atoms with Crippen LogP contribution in [0.2, 0.25) is 0 Å². The van der Waals surface area contributed by atoms with Crippen LogP contribution >= 0.6 is 0 Å². The van der Waals surface area contributed by atoms with Gasteiger partial charge < -0.3 is 10.2 Å². The summed E-state index contributed by atoms with van der Waals surface area (Å²) < 4.78 is 0. The molecule has 2 heterocycles. The lowest BCUT2D eigenvalue weighted by Crippen LogP contribution is -2.39. The van der Waals surface area contributed by atoms with E-state index in [0.29, 0.717) is 24.6 Å². The third kappa shape index (κ3) is 2.86. The highest BCUT2D eigenvalue weighted by molar-refractivity contribution is 5.97. The summed E-state index contributed by atoms with van der Waals surface area (Å²) in [5.74, 6) is 0.675. The molecule has 0 aromatic heterocycles. The first-order valence-corrected chi connectivity index (χ1v) is 7.60. The molecule has 2 fully saturated rings. The summed E-state index contributed by atoms with van der Waals surface area (Å²) in [5, 5.41) is 2.77. The quantitative estimate of drug-likeness (QED) is 0.905. The highest BCUT2D eigenvalue weighted by Gasteiger charge is 2.23. The van der Waals surface area contributed by atoms with Crippen LogP contribution in [-0.4, -0.2) is 43.0 Å². The van der Waals surface area contributed by atoms with Crippen molar-refractivity contribution < 1.29 is 9.59 Å². The summed E-state index contributed by atoms with van der Waals surface area (Å²) in [7, 11) is 0. The van der Waals surface area contributed by atoms with Gasteiger partial charge in [-0.2, -0.15) is 0 Å². The molecule has 0 bridgehead atoms. The van der Waals surface area contributed by atoms with Gasteiger partial charge in [0, 0.05) is 37.4 Å². The minimum Gasteiger partial charge on any atom is -0.338 e.